The van der Waals surface area contributed by atoms with Crippen molar-refractivity contribution < 1.29 is 9.90 Å². The lowest BCUT2D eigenvalue weighted by Gasteiger charge is -2.09. The fourth-order valence-corrected chi connectivity index (χ4v) is 0.928. The largest absolute Gasteiger partial charge is 0.779 e. The van der Waals surface area contributed by atoms with Gasteiger partial charge in [-0.2, -0.15) is 4.90 Å². The minimum atomic E-state index is -0.934. The van der Waals surface area contributed by atoms with Gasteiger partial charge >= 0.3 is 5.97 Å². The van der Waals surface area contributed by atoms with Crippen LogP contribution in [0.5, 0.6) is 0 Å². The summed E-state index contributed by atoms with van der Waals surface area (Å²) in [5.41, 5.74) is 1.19. The van der Waals surface area contributed by atoms with Crippen molar-refractivity contribution in [3.05, 3.63) is 29.3 Å². The smallest absolute Gasteiger partial charge is 0.335 e. The van der Waals surface area contributed by atoms with Crippen LogP contribution in [0.4, 0.5) is 0 Å². The maximum absolute atomic E-state index is 10.4. The van der Waals surface area contributed by atoms with E-state index in [9.17, 15) is 4.79 Å². The van der Waals surface area contributed by atoms with Crippen molar-refractivity contribution in [1.29, 1.82) is 0 Å². The third kappa shape index (κ3) is 1.68. The van der Waals surface area contributed by atoms with Gasteiger partial charge in [0.05, 0.1) is 5.56 Å². The van der Waals surface area contributed by atoms with Crippen LogP contribution >= 0.6 is 0 Å². The van der Waals surface area contributed by atoms with Crippen LogP contribution in [0.2, 0.25) is 0 Å². The number of aryl methyl sites for hydroxylation is 1. The lowest BCUT2D eigenvalue weighted by atomic mass is 10.1. The van der Waals surface area contributed by atoms with Gasteiger partial charge in [0.2, 0.25) is 0 Å². The summed E-state index contributed by atoms with van der Waals surface area (Å²) in [7, 11) is 0. The highest BCUT2D eigenvalue weighted by molar-refractivity contribution is 7.58. The number of carbonyl (C=O) groups is 1. The Bertz CT molecular complexity index is 294. The summed E-state index contributed by atoms with van der Waals surface area (Å²) >= 11 is 4.90. The third-order valence-corrected chi connectivity index (χ3v) is 1.87. The molecule has 0 radical (unpaired) electrons. The van der Waals surface area contributed by atoms with E-state index in [0.29, 0.717) is 4.90 Å². The fraction of sp³-hybridized carbons (Fsp3) is 0.125. The molecule has 0 fully saturated rings. The van der Waals surface area contributed by atoms with Crippen LogP contribution in [0.15, 0.2) is 23.1 Å². The first-order chi connectivity index (χ1) is 5.11. The molecule has 1 aromatic rings. The second-order valence-corrected chi connectivity index (χ2v) is 2.73. The van der Waals surface area contributed by atoms with Crippen molar-refractivity contribution in [3.63, 3.8) is 0 Å². The molecule has 11 heavy (non-hydrogen) atoms. The van der Waals surface area contributed by atoms with Crippen molar-refractivity contribution in [3.8, 4) is 0 Å². The zero-order valence-corrected chi connectivity index (χ0v) is 6.81. The normalized spacial score (nSPS) is 9.55. The molecule has 1 aromatic carbocycles. The number of carboxylic acid groups (broad SMARTS) is 1. The molecule has 0 amide bonds. The van der Waals surface area contributed by atoms with Crippen LogP contribution in [0, 0.1) is 6.92 Å². The minimum Gasteiger partial charge on any atom is -0.779 e. The average Bonchev–Trinajstić information content (AvgIpc) is 1.94. The Kier molecular flexibility index (Phi) is 2.10. The van der Waals surface area contributed by atoms with Crippen LogP contribution in [-0.4, -0.2) is 11.1 Å². The van der Waals surface area contributed by atoms with Crippen molar-refractivity contribution in [2.75, 3.05) is 0 Å². The molecule has 3 heteroatoms. The first-order valence-corrected chi connectivity index (χ1v) is 3.53. The molecule has 0 heterocycles. The van der Waals surface area contributed by atoms with Gasteiger partial charge in [0.25, 0.3) is 0 Å². The summed E-state index contributed by atoms with van der Waals surface area (Å²) in [5, 5.41) is 8.55. The van der Waals surface area contributed by atoms with Gasteiger partial charge in [0.15, 0.2) is 0 Å². The molecular weight excluding hydrogens is 160 g/mol. The van der Waals surface area contributed by atoms with Gasteiger partial charge in [-0.15, -0.1) is 0 Å². The number of hydrogen-bond acceptors (Lipinski definition) is 2. The second kappa shape index (κ2) is 2.88. The van der Waals surface area contributed by atoms with E-state index in [4.69, 9.17) is 17.7 Å². The lowest BCUT2D eigenvalue weighted by molar-refractivity contribution is 0.0696. The van der Waals surface area contributed by atoms with E-state index in [2.05, 4.69) is 0 Å². The molecule has 0 atom stereocenters. The van der Waals surface area contributed by atoms with Gasteiger partial charge in [-0.3, -0.25) is 0 Å². The van der Waals surface area contributed by atoms with Crippen molar-refractivity contribution in [2.24, 2.45) is 0 Å². The molecule has 1 N–H and O–H groups in total. The van der Waals surface area contributed by atoms with Gasteiger partial charge in [-0.1, -0.05) is 17.7 Å². The molecule has 0 spiro atoms. The van der Waals surface area contributed by atoms with E-state index in [1.54, 1.807) is 12.1 Å². The number of aromatic carboxylic acids is 1. The zero-order valence-electron chi connectivity index (χ0n) is 6.00. The Morgan fingerprint density at radius 1 is 1.55 bits per heavy atom. The number of rotatable bonds is 1. The standard InChI is InChI=1S/C8H8O2S/c1-5-2-3-6(8(9)10)4-7(5)11/h2-4,11H,1H3,(H,9,10)/p-1. The predicted octanol–water partition coefficient (Wildman–Crippen LogP) is 1.60. The molecule has 0 aromatic heterocycles. The fourth-order valence-electron chi connectivity index (χ4n) is 0.733. The summed E-state index contributed by atoms with van der Waals surface area (Å²) in [5.74, 6) is -0.934. The first kappa shape index (κ1) is 8.01. The summed E-state index contributed by atoms with van der Waals surface area (Å²) in [6, 6.07) is 4.76. The number of carboxylic acids is 1. The Labute approximate surface area is 70.3 Å². The van der Waals surface area contributed by atoms with E-state index < -0.39 is 5.97 Å². The molecular formula is C8H7O2S-. The van der Waals surface area contributed by atoms with Crippen LogP contribution in [0.1, 0.15) is 15.9 Å². The van der Waals surface area contributed by atoms with E-state index in [1.807, 2.05) is 6.92 Å². The maximum Gasteiger partial charge on any atom is 0.335 e. The van der Waals surface area contributed by atoms with E-state index >= 15 is 0 Å². The summed E-state index contributed by atoms with van der Waals surface area (Å²) in [6.07, 6.45) is 0. The second-order valence-electron chi connectivity index (χ2n) is 2.29. The molecule has 0 unspecified atom stereocenters. The quantitative estimate of drug-likeness (QED) is 0.645. The van der Waals surface area contributed by atoms with Crippen molar-refractivity contribution >= 4 is 18.6 Å². The Morgan fingerprint density at radius 2 is 2.18 bits per heavy atom. The molecule has 0 aliphatic carbocycles. The number of benzene rings is 1. The van der Waals surface area contributed by atoms with E-state index in [0.717, 1.165) is 5.56 Å². The minimum absolute atomic E-state index is 0.251. The SMILES string of the molecule is Cc1ccc(C(=O)O)cc1[S-]. The van der Waals surface area contributed by atoms with Crippen molar-refractivity contribution in [2.45, 2.75) is 11.8 Å². The molecule has 2 nitrogen and oxygen atoms in total. The highest BCUT2D eigenvalue weighted by Crippen LogP contribution is 2.09. The summed E-state index contributed by atoms with van der Waals surface area (Å²) in [4.78, 5) is 11.0. The lowest BCUT2D eigenvalue weighted by Crippen LogP contribution is -1.96. The first-order valence-electron chi connectivity index (χ1n) is 3.12. The van der Waals surface area contributed by atoms with Gasteiger partial charge in [0, 0.05) is 0 Å². The van der Waals surface area contributed by atoms with Gasteiger partial charge < -0.3 is 17.7 Å². The molecule has 1 rings (SSSR count). The number of hydrogen-bond donors (Lipinski definition) is 1. The predicted molar refractivity (Wildman–Crippen MR) is 43.8 cm³/mol. The molecule has 0 bridgehead atoms. The van der Waals surface area contributed by atoms with Crippen LogP contribution in [0.25, 0.3) is 0 Å². The summed E-state index contributed by atoms with van der Waals surface area (Å²) < 4.78 is 0. The van der Waals surface area contributed by atoms with Crippen molar-refractivity contribution in [1.82, 2.24) is 0 Å². The van der Waals surface area contributed by atoms with Crippen LogP contribution < -0.4 is 0 Å². The van der Waals surface area contributed by atoms with E-state index in [1.165, 1.54) is 6.07 Å². The molecule has 58 valence electrons. The van der Waals surface area contributed by atoms with Gasteiger partial charge in [-0.05, 0) is 13.0 Å². The Morgan fingerprint density at radius 3 is 2.64 bits per heavy atom. The third-order valence-electron chi connectivity index (χ3n) is 1.44. The zero-order chi connectivity index (χ0) is 8.43. The highest BCUT2D eigenvalue weighted by Gasteiger charge is 1.99. The molecule has 0 aliphatic heterocycles. The van der Waals surface area contributed by atoms with Gasteiger partial charge in [-0.25, -0.2) is 4.79 Å². The summed E-state index contributed by atoms with van der Waals surface area (Å²) in [6.45, 7) is 1.86. The Balaban J connectivity index is 3.15. The van der Waals surface area contributed by atoms with Gasteiger partial charge in [0.1, 0.15) is 0 Å². The Hall–Kier alpha value is -1.09. The highest BCUT2D eigenvalue weighted by atomic mass is 32.1. The average molecular weight is 167 g/mol. The van der Waals surface area contributed by atoms with E-state index in [-0.39, 0.29) is 5.56 Å². The van der Waals surface area contributed by atoms with Crippen LogP contribution in [-0.2, 0) is 12.6 Å². The maximum atomic E-state index is 10.4. The molecule has 0 aliphatic rings. The topological polar surface area (TPSA) is 37.3 Å². The molecule has 0 saturated heterocycles. The monoisotopic (exact) mass is 167 g/mol. The van der Waals surface area contributed by atoms with Crippen LogP contribution in [0.3, 0.4) is 0 Å². The molecule has 0 saturated carbocycles.